The molecule has 0 atom stereocenters. The van der Waals surface area contributed by atoms with Gasteiger partial charge >= 0.3 is 0 Å². The predicted octanol–water partition coefficient (Wildman–Crippen LogP) is 3.99. The van der Waals surface area contributed by atoms with Crippen molar-refractivity contribution in [1.29, 1.82) is 0 Å². The third-order valence-electron chi connectivity index (χ3n) is 5.12. The maximum absolute atomic E-state index is 12.9. The molecule has 0 spiro atoms. The van der Waals surface area contributed by atoms with Gasteiger partial charge in [-0.3, -0.25) is 9.59 Å². The topological polar surface area (TPSA) is 66.1 Å². The molecule has 0 unspecified atom stereocenters. The van der Waals surface area contributed by atoms with Gasteiger partial charge in [-0.05, 0) is 43.7 Å². The number of H-pyrrole nitrogens is 1. The largest absolute Gasteiger partial charge is 0.330 e. The zero-order chi connectivity index (χ0) is 18.3. The fourth-order valence-electron chi connectivity index (χ4n) is 3.27. The Morgan fingerprint density at radius 1 is 1.35 bits per heavy atom. The van der Waals surface area contributed by atoms with Gasteiger partial charge in [0.1, 0.15) is 10.7 Å². The Kier molecular flexibility index (Phi) is 4.67. The Balaban J connectivity index is 1.65. The number of carbonyl (C=O) groups excluding carboxylic acids is 1. The van der Waals surface area contributed by atoms with Crippen LogP contribution in [-0.4, -0.2) is 20.8 Å². The molecule has 3 aromatic rings. The Labute approximate surface area is 159 Å². The van der Waals surface area contributed by atoms with E-state index in [1.54, 1.807) is 11.3 Å². The van der Waals surface area contributed by atoms with Crippen LogP contribution in [0.4, 0.5) is 0 Å². The van der Waals surface area contributed by atoms with Crippen molar-refractivity contribution in [1.82, 2.24) is 14.9 Å². The molecule has 1 aliphatic carbocycles. The summed E-state index contributed by atoms with van der Waals surface area (Å²) in [6.07, 6.45) is 3.05. The van der Waals surface area contributed by atoms with Gasteiger partial charge in [-0.2, -0.15) is 0 Å². The van der Waals surface area contributed by atoms with Gasteiger partial charge < -0.3 is 9.88 Å². The molecule has 7 heteroatoms. The number of amides is 1. The smallest absolute Gasteiger partial charge is 0.259 e. The Morgan fingerprint density at radius 3 is 2.81 bits per heavy atom. The summed E-state index contributed by atoms with van der Waals surface area (Å²) in [7, 11) is 0. The lowest BCUT2D eigenvalue weighted by Crippen LogP contribution is -2.38. The number of rotatable bonds is 5. The van der Waals surface area contributed by atoms with Crippen molar-refractivity contribution >= 4 is 38.8 Å². The minimum atomic E-state index is -0.112. The van der Waals surface area contributed by atoms with E-state index in [-0.39, 0.29) is 17.4 Å². The molecule has 1 aliphatic rings. The van der Waals surface area contributed by atoms with E-state index in [0.717, 1.165) is 39.4 Å². The quantitative estimate of drug-likeness (QED) is 0.720. The molecule has 5 nitrogen and oxygen atoms in total. The molecular weight excluding hydrogens is 366 g/mol. The van der Waals surface area contributed by atoms with E-state index >= 15 is 0 Å². The molecule has 3 aromatic heterocycles. The van der Waals surface area contributed by atoms with Crippen LogP contribution in [0.15, 0.2) is 22.3 Å². The van der Waals surface area contributed by atoms with Crippen molar-refractivity contribution in [3.63, 3.8) is 0 Å². The summed E-state index contributed by atoms with van der Waals surface area (Å²) in [6, 6.07) is 4.03. The number of nitrogens with one attached hydrogen (secondary N) is 1. The van der Waals surface area contributed by atoms with Crippen molar-refractivity contribution in [3.05, 3.63) is 49.0 Å². The lowest BCUT2D eigenvalue weighted by atomic mass is 9.84. The van der Waals surface area contributed by atoms with E-state index in [9.17, 15) is 9.59 Å². The molecule has 1 N–H and O–H groups in total. The van der Waals surface area contributed by atoms with E-state index in [1.165, 1.54) is 11.3 Å². The summed E-state index contributed by atoms with van der Waals surface area (Å²) in [5, 5.41) is 2.69. The first-order chi connectivity index (χ1) is 12.5. The van der Waals surface area contributed by atoms with Crippen LogP contribution in [0.2, 0.25) is 0 Å². The van der Waals surface area contributed by atoms with Crippen LogP contribution in [0.5, 0.6) is 0 Å². The van der Waals surface area contributed by atoms with E-state index in [1.807, 2.05) is 36.3 Å². The van der Waals surface area contributed by atoms with Crippen LogP contribution in [0.3, 0.4) is 0 Å². The molecule has 1 fully saturated rings. The molecular formula is C19H21N3O2S2. The second kappa shape index (κ2) is 6.96. The number of hydrogen-bond acceptors (Lipinski definition) is 5. The van der Waals surface area contributed by atoms with Crippen LogP contribution < -0.4 is 5.56 Å². The Bertz CT molecular complexity index is 1000. The van der Waals surface area contributed by atoms with Gasteiger partial charge in [-0.1, -0.05) is 12.5 Å². The Hall–Kier alpha value is -1.99. The monoisotopic (exact) mass is 387 g/mol. The molecule has 4 rings (SSSR count). The number of nitrogens with zero attached hydrogens (tertiary/aromatic N) is 2. The van der Waals surface area contributed by atoms with Gasteiger partial charge in [0.15, 0.2) is 0 Å². The zero-order valence-electron chi connectivity index (χ0n) is 14.9. The lowest BCUT2D eigenvalue weighted by Gasteiger charge is -2.31. The summed E-state index contributed by atoms with van der Waals surface area (Å²) in [6.45, 7) is 4.86. The van der Waals surface area contributed by atoms with E-state index in [0.29, 0.717) is 24.3 Å². The van der Waals surface area contributed by atoms with E-state index in [4.69, 9.17) is 0 Å². The number of carbonyl (C=O) groups is 1. The van der Waals surface area contributed by atoms with Crippen LogP contribution in [0.1, 0.15) is 40.4 Å². The van der Waals surface area contributed by atoms with E-state index < -0.39 is 0 Å². The first-order valence-corrected chi connectivity index (χ1v) is 10.5. The predicted molar refractivity (Wildman–Crippen MR) is 106 cm³/mol. The number of hydrogen-bond donors (Lipinski definition) is 1. The zero-order valence-corrected chi connectivity index (χ0v) is 16.5. The minimum Gasteiger partial charge on any atom is -0.330 e. The minimum absolute atomic E-state index is 0.112. The van der Waals surface area contributed by atoms with E-state index in [2.05, 4.69) is 9.97 Å². The third-order valence-corrected chi connectivity index (χ3v) is 7.08. The van der Waals surface area contributed by atoms with Crippen molar-refractivity contribution in [2.75, 3.05) is 0 Å². The van der Waals surface area contributed by atoms with Crippen molar-refractivity contribution in [2.24, 2.45) is 5.92 Å². The van der Waals surface area contributed by atoms with Crippen molar-refractivity contribution in [3.8, 4) is 0 Å². The van der Waals surface area contributed by atoms with Crippen LogP contribution in [-0.2, 0) is 17.9 Å². The molecule has 3 heterocycles. The molecule has 136 valence electrons. The standard InChI is InChI=1S/C19H21N3O2S2/c1-11-12(2)26-18-16(11)17(23)20-15(21-18)10-22(9-14-7-4-8-25-14)19(24)13-5-3-6-13/h4,7-8,13H,3,5-6,9-10H2,1-2H3,(H,20,21,23). The molecule has 0 saturated heterocycles. The Morgan fingerprint density at radius 2 is 2.15 bits per heavy atom. The third kappa shape index (κ3) is 3.21. The highest BCUT2D eigenvalue weighted by Gasteiger charge is 2.30. The van der Waals surface area contributed by atoms with Crippen LogP contribution >= 0.6 is 22.7 Å². The highest BCUT2D eigenvalue weighted by molar-refractivity contribution is 7.18. The summed E-state index contributed by atoms with van der Waals surface area (Å²) >= 11 is 3.18. The number of aromatic nitrogens is 2. The fraction of sp³-hybridized carbons (Fsp3) is 0.421. The van der Waals surface area contributed by atoms with Crippen molar-refractivity contribution < 1.29 is 4.79 Å². The summed E-state index contributed by atoms with van der Waals surface area (Å²) in [5.41, 5.74) is 0.880. The second-order valence-corrected chi connectivity index (χ2v) is 9.11. The average Bonchev–Trinajstić information content (AvgIpc) is 3.14. The number of aryl methyl sites for hydroxylation is 2. The maximum atomic E-state index is 12.9. The van der Waals surface area contributed by atoms with Gasteiger partial charge in [-0.25, -0.2) is 4.98 Å². The highest BCUT2D eigenvalue weighted by atomic mass is 32.1. The molecule has 0 radical (unpaired) electrons. The molecule has 1 saturated carbocycles. The number of fused-ring (bicyclic) bond motifs is 1. The molecule has 0 bridgehead atoms. The normalized spacial score (nSPS) is 14.5. The summed E-state index contributed by atoms with van der Waals surface area (Å²) in [4.78, 5) is 37.8. The number of thiophene rings is 2. The van der Waals surface area contributed by atoms with Gasteiger partial charge in [0.05, 0.1) is 18.5 Å². The molecule has 0 aliphatic heterocycles. The van der Waals surface area contributed by atoms with Crippen molar-refractivity contribution in [2.45, 2.75) is 46.2 Å². The average molecular weight is 388 g/mol. The molecule has 26 heavy (non-hydrogen) atoms. The van der Waals surface area contributed by atoms with Gasteiger partial charge in [0.25, 0.3) is 5.56 Å². The first kappa shape index (κ1) is 17.4. The van der Waals surface area contributed by atoms with Crippen LogP contribution in [0.25, 0.3) is 10.2 Å². The van der Waals surface area contributed by atoms with Gasteiger partial charge in [-0.15, -0.1) is 22.7 Å². The second-order valence-electron chi connectivity index (χ2n) is 6.88. The molecule has 1 amide bonds. The summed E-state index contributed by atoms with van der Waals surface area (Å²) in [5.74, 6) is 0.857. The summed E-state index contributed by atoms with van der Waals surface area (Å²) < 4.78 is 0. The fourth-order valence-corrected chi connectivity index (χ4v) is 5.04. The van der Waals surface area contributed by atoms with Gasteiger partial charge in [0.2, 0.25) is 5.91 Å². The number of aromatic amines is 1. The SMILES string of the molecule is Cc1sc2nc(CN(Cc3cccs3)C(=O)C3CCC3)[nH]c(=O)c2c1C. The maximum Gasteiger partial charge on any atom is 0.259 e. The highest BCUT2D eigenvalue weighted by Crippen LogP contribution is 2.30. The van der Waals surface area contributed by atoms with Crippen LogP contribution in [0, 0.1) is 19.8 Å². The molecule has 0 aromatic carbocycles. The lowest BCUT2D eigenvalue weighted by molar-refractivity contribution is -0.139. The van der Waals surface area contributed by atoms with Gasteiger partial charge in [0, 0.05) is 15.7 Å². The first-order valence-electron chi connectivity index (χ1n) is 8.83.